The van der Waals surface area contributed by atoms with Gasteiger partial charge in [-0.05, 0) is 66.8 Å². The number of nitrogens with one attached hydrogen (secondary N) is 1. The number of carbonyl (C=O) groups excluding carboxylic acids is 2. The maximum atomic E-state index is 13.4. The van der Waals surface area contributed by atoms with Crippen LogP contribution in [0.2, 0.25) is 0 Å². The molecule has 0 radical (unpaired) electrons. The molecular formula is C22H25N3O3S. The lowest BCUT2D eigenvalue weighted by Crippen LogP contribution is -2.47. The van der Waals surface area contributed by atoms with Gasteiger partial charge in [0.1, 0.15) is 11.3 Å². The molecule has 1 saturated heterocycles. The van der Waals surface area contributed by atoms with E-state index in [2.05, 4.69) is 21.7 Å². The van der Waals surface area contributed by atoms with E-state index in [1.807, 2.05) is 35.6 Å². The first-order chi connectivity index (χ1) is 14.0. The van der Waals surface area contributed by atoms with Gasteiger partial charge in [-0.1, -0.05) is 12.1 Å². The Labute approximate surface area is 174 Å². The van der Waals surface area contributed by atoms with Gasteiger partial charge in [0.2, 0.25) is 0 Å². The molecule has 3 aliphatic rings. The number of methoxy groups -OCH3 is 1. The molecule has 3 amide bonds. The Hall–Kier alpha value is -2.38. The van der Waals surface area contributed by atoms with Gasteiger partial charge in [0, 0.05) is 17.5 Å². The topological polar surface area (TPSA) is 61.9 Å². The third-order valence-electron chi connectivity index (χ3n) is 6.43. The SMILES string of the molecule is COc1cccc([C@@]2(C)NC(=O)N(CN3CCc4sccc4[C@@H]3C3CC3)C2=O)c1. The number of urea groups is 1. The van der Waals surface area contributed by atoms with Crippen LogP contribution < -0.4 is 10.1 Å². The van der Waals surface area contributed by atoms with E-state index in [0.29, 0.717) is 24.4 Å². The van der Waals surface area contributed by atoms with E-state index < -0.39 is 5.54 Å². The number of rotatable bonds is 5. The molecule has 2 aliphatic heterocycles. The summed E-state index contributed by atoms with van der Waals surface area (Å²) in [6.45, 7) is 2.98. The van der Waals surface area contributed by atoms with E-state index in [1.165, 1.54) is 28.2 Å². The van der Waals surface area contributed by atoms with Crippen molar-refractivity contribution in [3.63, 3.8) is 0 Å². The third kappa shape index (κ3) is 3.04. The average molecular weight is 412 g/mol. The quantitative estimate of drug-likeness (QED) is 0.765. The summed E-state index contributed by atoms with van der Waals surface area (Å²) in [6, 6.07) is 9.55. The lowest BCUT2D eigenvalue weighted by Gasteiger charge is -2.37. The second kappa shape index (κ2) is 6.85. The number of amides is 3. The maximum absolute atomic E-state index is 13.4. The molecule has 1 saturated carbocycles. The van der Waals surface area contributed by atoms with Gasteiger partial charge in [-0.3, -0.25) is 9.69 Å². The Morgan fingerprint density at radius 2 is 2.10 bits per heavy atom. The van der Waals surface area contributed by atoms with E-state index >= 15 is 0 Å². The molecule has 0 bridgehead atoms. The summed E-state index contributed by atoms with van der Waals surface area (Å²) < 4.78 is 5.30. The number of nitrogens with zero attached hydrogens (tertiary/aromatic N) is 2. The van der Waals surface area contributed by atoms with Crippen molar-refractivity contribution in [3.8, 4) is 5.75 Å². The summed E-state index contributed by atoms with van der Waals surface area (Å²) in [5.74, 6) is 1.09. The van der Waals surface area contributed by atoms with Crippen molar-refractivity contribution in [3.05, 3.63) is 51.7 Å². The number of hydrogen-bond donors (Lipinski definition) is 1. The summed E-state index contributed by atoms with van der Waals surface area (Å²) in [5.41, 5.74) is 1.05. The smallest absolute Gasteiger partial charge is 0.326 e. The molecule has 1 N–H and O–H groups in total. The van der Waals surface area contributed by atoms with Gasteiger partial charge < -0.3 is 10.1 Å². The standard InChI is InChI=1S/C22H25N3O3S/c1-22(15-4-3-5-16(12-15)28-2)20(26)25(21(27)23-22)13-24-10-8-18-17(9-11-29-18)19(24)14-6-7-14/h3-5,9,11-12,14,19H,6-8,10,13H2,1-2H3,(H,23,27)/t19-,22+/m0/s1. The first kappa shape index (κ1) is 18.6. The van der Waals surface area contributed by atoms with Crippen LogP contribution in [0.15, 0.2) is 35.7 Å². The van der Waals surface area contributed by atoms with E-state index in [-0.39, 0.29) is 11.9 Å². The van der Waals surface area contributed by atoms with Gasteiger partial charge in [0.25, 0.3) is 5.91 Å². The van der Waals surface area contributed by atoms with Crippen molar-refractivity contribution in [2.45, 2.75) is 37.8 Å². The van der Waals surface area contributed by atoms with E-state index in [4.69, 9.17) is 4.74 Å². The molecule has 2 aromatic rings. The Morgan fingerprint density at radius 1 is 1.28 bits per heavy atom. The predicted octanol–water partition coefficient (Wildman–Crippen LogP) is 3.49. The van der Waals surface area contributed by atoms with Gasteiger partial charge in [-0.15, -0.1) is 11.3 Å². The van der Waals surface area contributed by atoms with Crippen LogP contribution in [-0.4, -0.2) is 42.1 Å². The Morgan fingerprint density at radius 3 is 2.86 bits per heavy atom. The van der Waals surface area contributed by atoms with Crippen LogP contribution in [0.4, 0.5) is 4.79 Å². The van der Waals surface area contributed by atoms with Crippen molar-refractivity contribution in [2.75, 3.05) is 20.3 Å². The summed E-state index contributed by atoms with van der Waals surface area (Å²) in [4.78, 5) is 31.4. The molecule has 29 heavy (non-hydrogen) atoms. The number of thiophene rings is 1. The van der Waals surface area contributed by atoms with Crippen LogP contribution in [0.3, 0.4) is 0 Å². The minimum Gasteiger partial charge on any atom is -0.497 e. The molecule has 6 nitrogen and oxygen atoms in total. The summed E-state index contributed by atoms with van der Waals surface area (Å²) in [6.07, 6.45) is 3.42. The number of ether oxygens (including phenoxy) is 1. The molecule has 1 aromatic heterocycles. The molecular weight excluding hydrogens is 386 g/mol. The Bertz CT molecular complexity index is 970. The maximum Gasteiger partial charge on any atom is 0.326 e. The Balaban J connectivity index is 1.40. The van der Waals surface area contributed by atoms with E-state index in [0.717, 1.165) is 18.5 Å². The van der Waals surface area contributed by atoms with Gasteiger partial charge in [0.15, 0.2) is 0 Å². The first-order valence-corrected chi connectivity index (χ1v) is 11.0. The number of imide groups is 1. The molecule has 5 rings (SSSR count). The van der Waals surface area contributed by atoms with Crippen molar-refractivity contribution in [2.24, 2.45) is 5.92 Å². The van der Waals surface area contributed by atoms with Gasteiger partial charge in [-0.2, -0.15) is 0 Å². The lowest BCUT2D eigenvalue weighted by molar-refractivity contribution is -0.133. The third-order valence-corrected chi connectivity index (χ3v) is 7.43. The molecule has 1 aromatic carbocycles. The average Bonchev–Trinajstić information content (AvgIpc) is 3.41. The van der Waals surface area contributed by atoms with Crippen molar-refractivity contribution in [1.82, 2.24) is 15.1 Å². The molecule has 152 valence electrons. The van der Waals surface area contributed by atoms with Crippen LogP contribution in [0.1, 0.15) is 41.8 Å². The summed E-state index contributed by atoms with van der Waals surface area (Å²) in [5, 5.41) is 5.08. The fraction of sp³-hybridized carbons (Fsp3) is 0.455. The lowest BCUT2D eigenvalue weighted by atomic mass is 9.92. The normalized spacial score (nSPS) is 27.1. The van der Waals surface area contributed by atoms with Crippen molar-refractivity contribution in [1.29, 1.82) is 0 Å². The molecule has 2 fully saturated rings. The highest BCUT2D eigenvalue weighted by atomic mass is 32.1. The number of fused-ring (bicyclic) bond motifs is 1. The van der Waals surface area contributed by atoms with Crippen LogP contribution in [-0.2, 0) is 16.8 Å². The highest BCUT2D eigenvalue weighted by molar-refractivity contribution is 7.10. The van der Waals surface area contributed by atoms with E-state index in [9.17, 15) is 9.59 Å². The van der Waals surface area contributed by atoms with Crippen LogP contribution in [0.25, 0.3) is 0 Å². The number of benzene rings is 1. The van der Waals surface area contributed by atoms with Gasteiger partial charge in [0.05, 0.1) is 13.8 Å². The zero-order valence-corrected chi connectivity index (χ0v) is 17.5. The zero-order chi connectivity index (χ0) is 20.2. The summed E-state index contributed by atoms with van der Waals surface area (Å²) >= 11 is 1.82. The number of hydrogen-bond acceptors (Lipinski definition) is 5. The largest absolute Gasteiger partial charge is 0.497 e. The molecule has 0 spiro atoms. The minimum atomic E-state index is -1.08. The first-order valence-electron chi connectivity index (χ1n) is 10.1. The highest BCUT2D eigenvalue weighted by Gasteiger charge is 2.51. The van der Waals surface area contributed by atoms with Crippen LogP contribution in [0.5, 0.6) is 5.75 Å². The fourth-order valence-corrected chi connectivity index (χ4v) is 5.57. The molecule has 2 atom stereocenters. The van der Waals surface area contributed by atoms with Crippen molar-refractivity contribution < 1.29 is 14.3 Å². The second-order valence-corrected chi connectivity index (χ2v) is 9.31. The van der Waals surface area contributed by atoms with Crippen LogP contribution in [0, 0.1) is 5.92 Å². The molecule has 7 heteroatoms. The minimum absolute atomic E-state index is 0.207. The highest BCUT2D eigenvalue weighted by Crippen LogP contribution is 2.48. The molecule has 1 aliphatic carbocycles. The Kier molecular flexibility index (Phi) is 4.40. The fourth-order valence-electron chi connectivity index (χ4n) is 4.66. The van der Waals surface area contributed by atoms with Gasteiger partial charge >= 0.3 is 6.03 Å². The monoisotopic (exact) mass is 411 g/mol. The zero-order valence-electron chi connectivity index (χ0n) is 16.7. The van der Waals surface area contributed by atoms with E-state index in [1.54, 1.807) is 14.0 Å². The predicted molar refractivity (Wildman–Crippen MR) is 111 cm³/mol. The molecule has 0 unspecified atom stereocenters. The van der Waals surface area contributed by atoms with Gasteiger partial charge in [-0.25, -0.2) is 9.69 Å². The summed E-state index contributed by atoms with van der Waals surface area (Å²) in [7, 11) is 1.59. The number of carbonyl (C=O) groups is 2. The van der Waals surface area contributed by atoms with Crippen LogP contribution >= 0.6 is 11.3 Å². The van der Waals surface area contributed by atoms with Crippen molar-refractivity contribution >= 4 is 23.3 Å². The second-order valence-electron chi connectivity index (χ2n) is 8.31. The molecule has 3 heterocycles.